The second kappa shape index (κ2) is 7.41. The Morgan fingerprint density at radius 1 is 1.38 bits per heavy atom. The molecule has 0 fully saturated rings. The monoisotopic (exact) mass is 346 g/mol. The molecule has 0 atom stereocenters. The maximum Gasteiger partial charge on any atom is 0.319 e. The number of pyridine rings is 1. The van der Waals surface area contributed by atoms with Crippen LogP contribution in [0.1, 0.15) is 26.5 Å². The Balaban J connectivity index is 1.62. The molecule has 1 aliphatic heterocycles. The van der Waals surface area contributed by atoms with Gasteiger partial charge < -0.3 is 15.8 Å². The van der Waals surface area contributed by atoms with Crippen LogP contribution in [-0.2, 0) is 24.2 Å². The van der Waals surface area contributed by atoms with Gasteiger partial charge in [0, 0.05) is 29.7 Å². The minimum absolute atomic E-state index is 0.368. The van der Waals surface area contributed by atoms with Crippen molar-refractivity contribution in [3.8, 4) is 0 Å². The number of aromatic nitrogens is 1. The molecule has 8 heteroatoms. The first kappa shape index (κ1) is 16.4. The molecule has 1 aliphatic rings. The van der Waals surface area contributed by atoms with Crippen LogP contribution < -0.4 is 16.4 Å². The SMILES string of the molecule is NC(=O)c1c(NC(=O)NCCc2ccccn2)sc2c1CCOC2. The highest BCUT2D eigenvalue weighted by Crippen LogP contribution is 2.36. The van der Waals surface area contributed by atoms with Crippen molar-refractivity contribution in [1.82, 2.24) is 10.3 Å². The molecule has 3 rings (SSSR count). The Labute approximate surface area is 143 Å². The molecule has 3 amide bonds. The number of hydrogen-bond donors (Lipinski definition) is 3. The van der Waals surface area contributed by atoms with E-state index in [0.29, 0.717) is 43.2 Å². The predicted molar refractivity (Wildman–Crippen MR) is 91.2 cm³/mol. The Kier molecular flexibility index (Phi) is 5.07. The minimum Gasteiger partial charge on any atom is -0.376 e. The molecule has 24 heavy (non-hydrogen) atoms. The largest absolute Gasteiger partial charge is 0.376 e. The summed E-state index contributed by atoms with van der Waals surface area (Å²) in [6.07, 6.45) is 2.98. The van der Waals surface area contributed by atoms with Gasteiger partial charge in [0.2, 0.25) is 0 Å². The molecule has 2 aromatic rings. The number of anilines is 1. The maximum absolute atomic E-state index is 12.1. The van der Waals surface area contributed by atoms with Crippen LogP contribution in [0.3, 0.4) is 0 Å². The van der Waals surface area contributed by atoms with E-state index in [1.165, 1.54) is 11.3 Å². The fourth-order valence-electron chi connectivity index (χ4n) is 2.58. The fraction of sp³-hybridized carbons (Fsp3) is 0.312. The fourth-order valence-corrected chi connectivity index (χ4v) is 3.76. The number of carbonyl (C=O) groups excluding carboxylic acids is 2. The van der Waals surface area contributed by atoms with E-state index in [4.69, 9.17) is 10.5 Å². The van der Waals surface area contributed by atoms with Crippen molar-refractivity contribution in [3.63, 3.8) is 0 Å². The number of fused-ring (bicyclic) bond motifs is 1. The van der Waals surface area contributed by atoms with Gasteiger partial charge in [0.15, 0.2) is 0 Å². The summed E-state index contributed by atoms with van der Waals surface area (Å²) in [4.78, 5) is 29.0. The molecule has 0 unspecified atom stereocenters. The average molecular weight is 346 g/mol. The molecular weight excluding hydrogens is 328 g/mol. The highest BCUT2D eigenvalue weighted by Gasteiger charge is 2.25. The van der Waals surface area contributed by atoms with Crippen molar-refractivity contribution < 1.29 is 14.3 Å². The third kappa shape index (κ3) is 3.72. The van der Waals surface area contributed by atoms with Gasteiger partial charge in [-0.2, -0.15) is 0 Å². The molecule has 7 nitrogen and oxygen atoms in total. The highest BCUT2D eigenvalue weighted by atomic mass is 32.1. The summed E-state index contributed by atoms with van der Waals surface area (Å²) in [5.74, 6) is -0.529. The number of rotatable bonds is 5. The molecule has 0 saturated carbocycles. The van der Waals surface area contributed by atoms with E-state index < -0.39 is 5.91 Å². The van der Waals surface area contributed by atoms with E-state index in [2.05, 4.69) is 15.6 Å². The van der Waals surface area contributed by atoms with Crippen LogP contribution in [0.25, 0.3) is 0 Å². The van der Waals surface area contributed by atoms with Crippen molar-refractivity contribution in [3.05, 3.63) is 46.1 Å². The van der Waals surface area contributed by atoms with Crippen LogP contribution in [-0.4, -0.2) is 30.1 Å². The van der Waals surface area contributed by atoms with Gasteiger partial charge in [-0.3, -0.25) is 15.1 Å². The first-order chi connectivity index (χ1) is 11.6. The van der Waals surface area contributed by atoms with Crippen molar-refractivity contribution in [2.45, 2.75) is 19.4 Å². The number of thiophene rings is 1. The number of urea groups is 1. The first-order valence-electron chi connectivity index (χ1n) is 7.62. The van der Waals surface area contributed by atoms with Crippen molar-refractivity contribution in [2.75, 3.05) is 18.5 Å². The predicted octanol–water partition coefficient (Wildman–Crippen LogP) is 1.68. The molecule has 0 spiro atoms. The normalized spacial score (nSPS) is 13.2. The Hall–Kier alpha value is -2.45. The lowest BCUT2D eigenvalue weighted by atomic mass is 10.1. The molecule has 0 aromatic carbocycles. The molecule has 126 valence electrons. The number of ether oxygens (including phenoxy) is 1. The van der Waals surface area contributed by atoms with Crippen LogP contribution in [0, 0.1) is 0 Å². The molecule has 0 radical (unpaired) electrons. The lowest BCUT2D eigenvalue weighted by molar-refractivity contribution is 0.0991. The van der Waals surface area contributed by atoms with Crippen molar-refractivity contribution >= 4 is 28.3 Å². The lowest BCUT2D eigenvalue weighted by Gasteiger charge is -2.12. The number of hydrogen-bond acceptors (Lipinski definition) is 5. The van der Waals surface area contributed by atoms with Crippen molar-refractivity contribution in [1.29, 1.82) is 0 Å². The van der Waals surface area contributed by atoms with Gasteiger partial charge in [0.25, 0.3) is 5.91 Å². The number of nitrogens with two attached hydrogens (primary N) is 1. The summed E-state index contributed by atoms with van der Waals surface area (Å²) < 4.78 is 5.39. The zero-order valence-corrected chi connectivity index (χ0v) is 13.8. The molecule has 0 aliphatic carbocycles. The summed E-state index contributed by atoms with van der Waals surface area (Å²) in [6, 6.07) is 5.28. The van der Waals surface area contributed by atoms with Crippen LogP contribution in [0.15, 0.2) is 24.4 Å². The average Bonchev–Trinajstić information content (AvgIpc) is 2.93. The Bertz CT molecular complexity index is 745. The highest BCUT2D eigenvalue weighted by molar-refractivity contribution is 7.17. The van der Waals surface area contributed by atoms with E-state index in [1.54, 1.807) is 6.20 Å². The second-order valence-corrected chi connectivity index (χ2v) is 6.43. The third-order valence-electron chi connectivity index (χ3n) is 3.69. The summed E-state index contributed by atoms with van der Waals surface area (Å²) in [5, 5.41) is 5.97. The zero-order valence-electron chi connectivity index (χ0n) is 13.0. The van der Waals surface area contributed by atoms with Gasteiger partial charge in [-0.15, -0.1) is 11.3 Å². The summed E-state index contributed by atoms with van der Waals surface area (Å²) in [7, 11) is 0. The van der Waals surface area contributed by atoms with E-state index in [0.717, 1.165) is 16.1 Å². The Morgan fingerprint density at radius 2 is 2.25 bits per heavy atom. The van der Waals surface area contributed by atoms with E-state index >= 15 is 0 Å². The number of carbonyl (C=O) groups is 2. The van der Waals surface area contributed by atoms with Gasteiger partial charge >= 0.3 is 6.03 Å². The quantitative estimate of drug-likeness (QED) is 0.766. The summed E-state index contributed by atoms with van der Waals surface area (Å²) >= 11 is 1.34. The number of primary amides is 1. The van der Waals surface area contributed by atoms with Crippen LogP contribution in [0.5, 0.6) is 0 Å². The minimum atomic E-state index is -0.529. The molecule has 0 bridgehead atoms. The van der Waals surface area contributed by atoms with E-state index in [1.807, 2.05) is 18.2 Å². The molecule has 0 saturated heterocycles. The number of nitrogens with zero attached hydrogens (tertiary/aromatic N) is 1. The van der Waals surface area contributed by atoms with E-state index in [-0.39, 0.29) is 6.03 Å². The van der Waals surface area contributed by atoms with Crippen LogP contribution >= 0.6 is 11.3 Å². The van der Waals surface area contributed by atoms with E-state index in [9.17, 15) is 9.59 Å². The van der Waals surface area contributed by atoms with Gasteiger partial charge in [-0.25, -0.2) is 4.79 Å². The van der Waals surface area contributed by atoms with Crippen molar-refractivity contribution in [2.24, 2.45) is 5.73 Å². The second-order valence-electron chi connectivity index (χ2n) is 5.33. The molecule has 4 N–H and O–H groups in total. The van der Waals surface area contributed by atoms with Crippen LogP contribution in [0.2, 0.25) is 0 Å². The van der Waals surface area contributed by atoms with Gasteiger partial charge in [0.1, 0.15) is 5.00 Å². The van der Waals surface area contributed by atoms with Gasteiger partial charge in [-0.05, 0) is 24.1 Å². The van der Waals surface area contributed by atoms with Crippen LogP contribution in [0.4, 0.5) is 9.80 Å². The third-order valence-corrected chi connectivity index (χ3v) is 4.81. The smallest absolute Gasteiger partial charge is 0.319 e. The lowest BCUT2D eigenvalue weighted by Crippen LogP contribution is -2.31. The maximum atomic E-state index is 12.1. The zero-order chi connectivity index (χ0) is 16.9. The van der Waals surface area contributed by atoms with Gasteiger partial charge in [0.05, 0.1) is 18.8 Å². The standard InChI is InChI=1S/C16H18N4O3S/c17-14(21)13-11-5-8-23-9-12(11)24-15(13)20-16(22)19-7-4-10-3-1-2-6-18-10/h1-3,6H,4-5,7-9H2,(H2,17,21)(H2,19,20,22). The summed E-state index contributed by atoms with van der Waals surface area (Å²) in [5.41, 5.74) is 7.68. The Morgan fingerprint density at radius 3 is 3.00 bits per heavy atom. The summed E-state index contributed by atoms with van der Waals surface area (Å²) in [6.45, 7) is 1.45. The number of nitrogens with one attached hydrogen (secondary N) is 2. The topological polar surface area (TPSA) is 106 Å². The first-order valence-corrected chi connectivity index (χ1v) is 8.43. The van der Waals surface area contributed by atoms with Gasteiger partial charge in [-0.1, -0.05) is 6.07 Å². The number of amides is 3. The molecule has 3 heterocycles. The molecule has 2 aromatic heterocycles. The molecular formula is C16H18N4O3S.